The topological polar surface area (TPSA) is 79.3 Å². The number of likely N-dealkylation sites (N-methyl/N-ethyl adjacent to an activating group) is 1. The maximum Gasteiger partial charge on any atom is 0.490 e. The smallest absolute Gasteiger partial charge is 0.475 e. The molecule has 30 heavy (non-hydrogen) atoms. The van der Waals surface area contributed by atoms with Crippen molar-refractivity contribution in [3.05, 3.63) is 22.4 Å². The van der Waals surface area contributed by atoms with Crippen LogP contribution in [0.2, 0.25) is 0 Å². The summed E-state index contributed by atoms with van der Waals surface area (Å²) in [6, 6.07) is 2.21. The van der Waals surface area contributed by atoms with E-state index in [0.29, 0.717) is 26.2 Å². The van der Waals surface area contributed by atoms with Gasteiger partial charge in [0.15, 0.2) is 0 Å². The molecule has 0 bridgehead atoms. The monoisotopic (exact) mass is 452 g/mol. The largest absolute Gasteiger partial charge is 0.490 e. The van der Waals surface area contributed by atoms with Crippen molar-refractivity contribution in [1.82, 2.24) is 9.80 Å². The van der Waals surface area contributed by atoms with Gasteiger partial charge in [-0.2, -0.15) is 24.5 Å². The number of aliphatic carboxylic acids is 1. The Kier molecular flexibility index (Phi) is 9.08. The highest BCUT2D eigenvalue weighted by Gasteiger charge is 2.44. The van der Waals surface area contributed by atoms with Crippen molar-refractivity contribution in [3.8, 4) is 0 Å². The first kappa shape index (κ1) is 24.6. The molecule has 1 N–H and O–H groups in total. The van der Waals surface area contributed by atoms with Crippen LogP contribution in [-0.4, -0.2) is 91.6 Å². The number of fused-ring (bicyclic) bond motifs is 1. The Labute approximate surface area is 177 Å². The average molecular weight is 452 g/mol. The zero-order valence-corrected chi connectivity index (χ0v) is 17.7. The van der Waals surface area contributed by atoms with E-state index in [1.54, 1.807) is 11.3 Å². The second-order valence-corrected chi connectivity index (χ2v) is 8.17. The number of carbonyl (C=O) groups excluding carboxylic acids is 1. The molecule has 2 heterocycles. The van der Waals surface area contributed by atoms with Gasteiger partial charge in [0, 0.05) is 13.1 Å². The number of carboxylic acids is 1. The van der Waals surface area contributed by atoms with Gasteiger partial charge in [-0.15, -0.1) is 0 Å². The zero-order valence-electron chi connectivity index (χ0n) is 16.9. The summed E-state index contributed by atoms with van der Waals surface area (Å²) < 4.78 is 43.7. The minimum Gasteiger partial charge on any atom is -0.475 e. The Morgan fingerprint density at radius 1 is 1.37 bits per heavy atom. The Balaban J connectivity index is 0.000000396. The first-order valence-corrected chi connectivity index (χ1v) is 10.5. The number of thiophene rings is 1. The molecule has 170 valence electrons. The van der Waals surface area contributed by atoms with E-state index in [1.807, 2.05) is 30.4 Å². The lowest BCUT2D eigenvalue weighted by Crippen LogP contribution is -2.54. The van der Waals surface area contributed by atoms with Gasteiger partial charge >= 0.3 is 12.1 Å². The van der Waals surface area contributed by atoms with Crippen molar-refractivity contribution < 1.29 is 37.3 Å². The Bertz CT molecular complexity index is 684. The van der Waals surface area contributed by atoms with Gasteiger partial charge in [-0.25, -0.2) is 4.79 Å². The molecule has 3 atom stereocenters. The van der Waals surface area contributed by atoms with Crippen molar-refractivity contribution in [1.29, 1.82) is 0 Å². The fourth-order valence-corrected chi connectivity index (χ4v) is 4.13. The van der Waals surface area contributed by atoms with Gasteiger partial charge in [0.2, 0.25) is 5.91 Å². The lowest BCUT2D eigenvalue weighted by molar-refractivity contribution is -0.192. The summed E-state index contributed by atoms with van der Waals surface area (Å²) in [5.74, 6) is -2.54. The molecule has 1 saturated heterocycles. The van der Waals surface area contributed by atoms with E-state index >= 15 is 0 Å². The predicted octanol–water partition coefficient (Wildman–Crippen LogP) is 2.26. The number of carboxylic acid groups (broad SMARTS) is 1. The van der Waals surface area contributed by atoms with Gasteiger partial charge in [0.25, 0.3) is 0 Å². The number of hydrogen-bond donors (Lipinski definition) is 1. The van der Waals surface area contributed by atoms with E-state index in [4.69, 9.17) is 19.4 Å². The van der Waals surface area contributed by atoms with Gasteiger partial charge in [0.1, 0.15) is 6.10 Å². The molecule has 7 nitrogen and oxygen atoms in total. The summed E-state index contributed by atoms with van der Waals surface area (Å²) in [5.41, 5.74) is 1.11. The fourth-order valence-electron chi connectivity index (χ4n) is 3.46. The number of nitrogens with zero attached hydrogens (tertiary/aromatic N) is 2. The van der Waals surface area contributed by atoms with E-state index in [0.717, 1.165) is 24.9 Å². The van der Waals surface area contributed by atoms with Crippen LogP contribution in [0, 0.1) is 0 Å². The molecule has 2 aliphatic rings. The molecule has 3 rings (SSSR count). The molecular formula is C19H27F3N2O5S. The quantitative estimate of drug-likeness (QED) is 0.714. The second-order valence-electron chi connectivity index (χ2n) is 7.39. The fraction of sp³-hybridized carbons (Fsp3) is 0.684. The third-order valence-corrected chi connectivity index (χ3v) is 5.64. The Hall–Kier alpha value is -1.69. The highest BCUT2D eigenvalue weighted by Crippen LogP contribution is 2.32. The van der Waals surface area contributed by atoms with E-state index < -0.39 is 12.1 Å². The lowest BCUT2D eigenvalue weighted by Gasteiger charge is -2.39. The zero-order chi connectivity index (χ0) is 22.3. The average Bonchev–Trinajstić information content (AvgIpc) is 3.31. The minimum absolute atomic E-state index is 0.0392. The SMILES string of the molecule is CN(C)CCO[C@@H]1CC[C@H]2[C@H]1OCCN2C(=O)Cc1ccsc1.O=C(O)C(F)(F)F. The van der Waals surface area contributed by atoms with Crippen LogP contribution in [0.3, 0.4) is 0 Å². The lowest BCUT2D eigenvalue weighted by atomic mass is 10.1. The molecule has 1 aromatic rings. The van der Waals surface area contributed by atoms with Crippen molar-refractivity contribution in [3.63, 3.8) is 0 Å². The molecule has 1 aromatic heterocycles. The summed E-state index contributed by atoms with van der Waals surface area (Å²) >= 11 is 1.64. The van der Waals surface area contributed by atoms with Gasteiger partial charge in [-0.05, 0) is 49.3 Å². The first-order valence-electron chi connectivity index (χ1n) is 9.58. The summed E-state index contributed by atoms with van der Waals surface area (Å²) in [4.78, 5) is 25.7. The maximum atomic E-state index is 12.6. The number of ether oxygens (including phenoxy) is 2. The Morgan fingerprint density at radius 2 is 2.07 bits per heavy atom. The molecule has 1 saturated carbocycles. The van der Waals surface area contributed by atoms with Gasteiger partial charge < -0.3 is 24.4 Å². The molecule has 1 amide bonds. The summed E-state index contributed by atoms with van der Waals surface area (Å²) in [6.45, 7) is 2.94. The van der Waals surface area contributed by atoms with Crippen molar-refractivity contribution >= 4 is 23.2 Å². The van der Waals surface area contributed by atoms with Crippen LogP contribution in [0.15, 0.2) is 16.8 Å². The predicted molar refractivity (Wildman–Crippen MR) is 104 cm³/mol. The molecule has 0 spiro atoms. The molecular weight excluding hydrogens is 425 g/mol. The molecule has 1 aliphatic heterocycles. The first-order chi connectivity index (χ1) is 14.1. The molecule has 0 radical (unpaired) electrons. The van der Waals surface area contributed by atoms with Crippen LogP contribution < -0.4 is 0 Å². The second kappa shape index (κ2) is 11.1. The van der Waals surface area contributed by atoms with Crippen molar-refractivity contribution in [2.45, 2.75) is 43.7 Å². The van der Waals surface area contributed by atoms with Crippen LogP contribution >= 0.6 is 11.3 Å². The van der Waals surface area contributed by atoms with Gasteiger partial charge in [0.05, 0.1) is 31.8 Å². The van der Waals surface area contributed by atoms with Crippen LogP contribution in [-0.2, 0) is 25.5 Å². The third kappa shape index (κ3) is 7.22. The maximum absolute atomic E-state index is 12.6. The summed E-state index contributed by atoms with van der Waals surface area (Å²) in [6.07, 6.45) is -2.47. The summed E-state index contributed by atoms with van der Waals surface area (Å²) in [5, 5.41) is 11.2. The van der Waals surface area contributed by atoms with E-state index in [-0.39, 0.29) is 24.2 Å². The third-order valence-electron chi connectivity index (χ3n) is 4.90. The van der Waals surface area contributed by atoms with Crippen LogP contribution in [0.1, 0.15) is 18.4 Å². The van der Waals surface area contributed by atoms with Crippen LogP contribution in [0.5, 0.6) is 0 Å². The highest BCUT2D eigenvalue weighted by molar-refractivity contribution is 7.08. The summed E-state index contributed by atoms with van der Waals surface area (Å²) in [7, 11) is 4.09. The molecule has 0 unspecified atom stereocenters. The standard InChI is InChI=1S/C17H26N2O3S.C2HF3O2/c1-18(2)6-8-21-15-4-3-14-17(15)22-9-7-19(14)16(20)11-13-5-10-23-12-13;3-2(4,5)1(6)7/h5,10,12,14-15,17H,3-4,6-9,11H2,1-2H3;(H,6,7)/t14-,15+,17+;/m0./s1. The number of amides is 1. The normalized spacial score (nSPS) is 23.7. The minimum atomic E-state index is -5.08. The van der Waals surface area contributed by atoms with E-state index in [2.05, 4.69) is 10.3 Å². The number of morpholine rings is 1. The van der Waals surface area contributed by atoms with Crippen LogP contribution in [0.4, 0.5) is 13.2 Å². The van der Waals surface area contributed by atoms with Crippen LogP contribution in [0.25, 0.3) is 0 Å². The number of rotatable bonds is 6. The molecule has 1 aliphatic carbocycles. The highest BCUT2D eigenvalue weighted by atomic mass is 32.1. The van der Waals surface area contributed by atoms with Crippen molar-refractivity contribution in [2.24, 2.45) is 0 Å². The Morgan fingerprint density at radius 3 is 2.63 bits per heavy atom. The van der Waals surface area contributed by atoms with Crippen molar-refractivity contribution in [2.75, 3.05) is 40.4 Å². The molecule has 0 aromatic carbocycles. The number of alkyl halides is 3. The van der Waals surface area contributed by atoms with Gasteiger partial charge in [-0.3, -0.25) is 4.79 Å². The number of halogens is 3. The van der Waals surface area contributed by atoms with E-state index in [1.165, 1.54) is 0 Å². The number of carbonyl (C=O) groups is 2. The number of hydrogen-bond acceptors (Lipinski definition) is 6. The van der Waals surface area contributed by atoms with E-state index in [9.17, 15) is 18.0 Å². The molecule has 2 fully saturated rings. The van der Waals surface area contributed by atoms with Gasteiger partial charge in [-0.1, -0.05) is 0 Å². The molecule has 11 heteroatoms.